The SMILES string of the molecule is CC(C)N1CCOC(/C(N)=N/N=N)C1. The van der Waals surface area contributed by atoms with Crippen molar-refractivity contribution in [1.29, 1.82) is 5.53 Å². The number of rotatable bonds is 3. The average molecular weight is 199 g/mol. The zero-order valence-corrected chi connectivity index (χ0v) is 8.60. The molecule has 6 nitrogen and oxygen atoms in total. The topological polar surface area (TPSA) is 87.1 Å². The number of nitrogens with one attached hydrogen (secondary N) is 1. The summed E-state index contributed by atoms with van der Waals surface area (Å²) in [5.41, 5.74) is 12.2. The highest BCUT2D eigenvalue weighted by Gasteiger charge is 2.24. The van der Waals surface area contributed by atoms with Crippen LogP contribution in [0.15, 0.2) is 10.3 Å². The summed E-state index contributed by atoms with van der Waals surface area (Å²) in [6.45, 7) is 6.55. The van der Waals surface area contributed by atoms with Gasteiger partial charge in [-0.05, 0) is 13.8 Å². The molecule has 1 aliphatic rings. The molecule has 1 atom stereocenters. The summed E-state index contributed by atoms with van der Waals surface area (Å²) in [6.07, 6.45) is -0.222. The fourth-order valence-corrected chi connectivity index (χ4v) is 1.44. The minimum atomic E-state index is -0.222. The highest BCUT2D eigenvalue weighted by atomic mass is 16.5. The van der Waals surface area contributed by atoms with E-state index in [-0.39, 0.29) is 11.9 Å². The normalized spacial score (nSPS) is 25.4. The van der Waals surface area contributed by atoms with Crippen molar-refractivity contribution >= 4 is 5.84 Å². The standard InChI is InChI=1S/C8H17N5O/c1-6(2)13-3-4-14-7(5-13)8(9)11-12-10/h6-7H,3-5H2,1-2H3,(H3,9,10,11). The molecule has 0 aliphatic carbocycles. The Bertz CT molecular complexity index is 228. The van der Waals surface area contributed by atoms with Crippen LogP contribution in [0.4, 0.5) is 0 Å². The van der Waals surface area contributed by atoms with Crippen LogP contribution in [-0.4, -0.2) is 42.6 Å². The van der Waals surface area contributed by atoms with Gasteiger partial charge < -0.3 is 10.5 Å². The summed E-state index contributed by atoms with van der Waals surface area (Å²) in [6, 6.07) is 0.474. The summed E-state index contributed by atoms with van der Waals surface area (Å²) in [5, 5.41) is 6.37. The lowest BCUT2D eigenvalue weighted by atomic mass is 10.2. The summed E-state index contributed by atoms with van der Waals surface area (Å²) in [4.78, 5) is 2.26. The smallest absolute Gasteiger partial charge is 0.154 e. The minimum Gasteiger partial charge on any atom is -0.383 e. The van der Waals surface area contributed by atoms with Crippen LogP contribution in [0.3, 0.4) is 0 Å². The van der Waals surface area contributed by atoms with Gasteiger partial charge in [0.2, 0.25) is 0 Å². The molecule has 1 saturated heterocycles. The molecule has 0 aromatic heterocycles. The third-order valence-corrected chi connectivity index (χ3v) is 2.32. The van der Waals surface area contributed by atoms with Gasteiger partial charge in [-0.25, -0.2) is 0 Å². The lowest BCUT2D eigenvalue weighted by Crippen LogP contribution is -2.50. The van der Waals surface area contributed by atoms with Crippen LogP contribution in [-0.2, 0) is 4.74 Å². The first kappa shape index (κ1) is 11.1. The van der Waals surface area contributed by atoms with E-state index >= 15 is 0 Å². The van der Waals surface area contributed by atoms with Gasteiger partial charge in [0, 0.05) is 19.1 Å². The molecule has 80 valence electrons. The molecule has 0 bridgehead atoms. The summed E-state index contributed by atoms with van der Waals surface area (Å²) >= 11 is 0. The maximum Gasteiger partial charge on any atom is 0.154 e. The van der Waals surface area contributed by atoms with Crippen LogP contribution in [0, 0.1) is 5.53 Å². The largest absolute Gasteiger partial charge is 0.383 e. The number of morpholine rings is 1. The molecule has 1 aliphatic heterocycles. The molecule has 1 rings (SSSR count). The predicted molar refractivity (Wildman–Crippen MR) is 53.2 cm³/mol. The summed E-state index contributed by atoms with van der Waals surface area (Å²) < 4.78 is 5.43. The first-order chi connectivity index (χ1) is 6.65. The summed E-state index contributed by atoms with van der Waals surface area (Å²) in [7, 11) is 0. The highest BCUT2D eigenvalue weighted by Crippen LogP contribution is 2.08. The Hall–Kier alpha value is -1.01. The fourth-order valence-electron chi connectivity index (χ4n) is 1.44. The van der Waals surface area contributed by atoms with Gasteiger partial charge >= 0.3 is 0 Å². The Morgan fingerprint density at radius 2 is 2.36 bits per heavy atom. The van der Waals surface area contributed by atoms with Crippen molar-refractivity contribution in [3.63, 3.8) is 0 Å². The van der Waals surface area contributed by atoms with E-state index in [0.717, 1.165) is 13.1 Å². The van der Waals surface area contributed by atoms with Crippen molar-refractivity contribution in [3.05, 3.63) is 0 Å². The van der Waals surface area contributed by atoms with Gasteiger partial charge in [0.25, 0.3) is 0 Å². The zero-order chi connectivity index (χ0) is 10.6. The van der Waals surface area contributed by atoms with E-state index in [2.05, 4.69) is 29.1 Å². The molecule has 14 heavy (non-hydrogen) atoms. The van der Waals surface area contributed by atoms with Gasteiger partial charge in [-0.15, -0.1) is 5.10 Å². The second-order valence-electron chi connectivity index (χ2n) is 3.57. The van der Waals surface area contributed by atoms with Gasteiger partial charge in [-0.1, -0.05) is 5.22 Å². The monoisotopic (exact) mass is 199 g/mol. The van der Waals surface area contributed by atoms with E-state index in [4.69, 9.17) is 16.0 Å². The lowest BCUT2D eigenvalue weighted by Gasteiger charge is -2.34. The van der Waals surface area contributed by atoms with Crippen molar-refractivity contribution in [2.75, 3.05) is 19.7 Å². The predicted octanol–water partition coefficient (Wildman–Crippen LogP) is 0.399. The Morgan fingerprint density at radius 1 is 1.64 bits per heavy atom. The van der Waals surface area contributed by atoms with E-state index in [9.17, 15) is 0 Å². The van der Waals surface area contributed by atoms with Crippen molar-refractivity contribution in [2.45, 2.75) is 26.0 Å². The molecule has 0 aromatic carbocycles. The minimum absolute atomic E-state index is 0.222. The van der Waals surface area contributed by atoms with E-state index in [1.54, 1.807) is 0 Å². The number of hydrogen-bond acceptors (Lipinski definition) is 4. The number of hydrogen-bond donors (Lipinski definition) is 2. The maximum atomic E-state index is 6.57. The van der Waals surface area contributed by atoms with Crippen LogP contribution in [0.5, 0.6) is 0 Å². The Morgan fingerprint density at radius 3 is 2.93 bits per heavy atom. The first-order valence-electron chi connectivity index (χ1n) is 4.70. The van der Waals surface area contributed by atoms with Crippen LogP contribution in [0.2, 0.25) is 0 Å². The quantitative estimate of drug-likeness (QED) is 0.298. The number of nitrogens with zero attached hydrogens (tertiary/aromatic N) is 3. The molecular weight excluding hydrogens is 182 g/mol. The number of ether oxygens (including phenoxy) is 1. The molecule has 1 heterocycles. The van der Waals surface area contributed by atoms with Gasteiger partial charge in [0.05, 0.1) is 6.61 Å². The molecule has 1 fully saturated rings. The number of amidine groups is 1. The van der Waals surface area contributed by atoms with Gasteiger partial charge in [0.1, 0.15) is 6.10 Å². The second-order valence-corrected chi connectivity index (χ2v) is 3.57. The maximum absolute atomic E-state index is 6.57. The van der Waals surface area contributed by atoms with Gasteiger partial charge in [-0.2, -0.15) is 5.53 Å². The first-order valence-corrected chi connectivity index (χ1v) is 4.70. The Kier molecular flexibility index (Phi) is 3.97. The van der Waals surface area contributed by atoms with E-state index in [1.165, 1.54) is 0 Å². The molecule has 1 unspecified atom stereocenters. The fraction of sp³-hybridized carbons (Fsp3) is 0.875. The van der Waals surface area contributed by atoms with Crippen LogP contribution in [0.1, 0.15) is 13.8 Å². The molecule has 0 amide bonds. The zero-order valence-electron chi connectivity index (χ0n) is 8.60. The van der Waals surface area contributed by atoms with Crippen LogP contribution >= 0.6 is 0 Å². The average Bonchev–Trinajstić information content (AvgIpc) is 2.18. The molecule has 0 spiro atoms. The van der Waals surface area contributed by atoms with E-state index < -0.39 is 0 Å². The van der Waals surface area contributed by atoms with Crippen LogP contribution < -0.4 is 5.73 Å². The molecule has 3 N–H and O–H groups in total. The highest BCUT2D eigenvalue weighted by molar-refractivity contribution is 5.85. The number of nitrogens with two attached hydrogens (primary N) is 1. The third kappa shape index (κ3) is 2.74. The molecule has 0 radical (unpaired) electrons. The molecule has 0 saturated carbocycles. The molecule has 6 heteroatoms. The molecule has 0 aromatic rings. The second kappa shape index (κ2) is 5.02. The van der Waals surface area contributed by atoms with E-state index in [0.29, 0.717) is 12.6 Å². The Labute approximate surface area is 83.6 Å². The van der Waals surface area contributed by atoms with E-state index in [1.807, 2.05) is 0 Å². The van der Waals surface area contributed by atoms with Crippen molar-refractivity contribution < 1.29 is 4.74 Å². The summed E-state index contributed by atoms with van der Waals surface area (Å²) in [5.74, 6) is 0.283. The van der Waals surface area contributed by atoms with Crippen molar-refractivity contribution in [3.8, 4) is 0 Å². The third-order valence-electron chi connectivity index (χ3n) is 2.32. The van der Waals surface area contributed by atoms with Crippen molar-refractivity contribution in [1.82, 2.24) is 4.90 Å². The lowest BCUT2D eigenvalue weighted by molar-refractivity contribution is -0.00618. The van der Waals surface area contributed by atoms with Gasteiger partial charge in [-0.3, -0.25) is 4.90 Å². The molecular formula is C8H17N5O. The van der Waals surface area contributed by atoms with Crippen LogP contribution in [0.25, 0.3) is 0 Å². The van der Waals surface area contributed by atoms with Gasteiger partial charge in [0.15, 0.2) is 5.84 Å². The van der Waals surface area contributed by atoms with Crippen molar-refractivity contribution in [2.24, 2.45) is 16.1 Å². The Balaban J connectivity index is 2.55.